The molecule has 1 heterocycles. The normalized spacial score (nSPS) is 15.5. The molecular weight excluding hydrogens is 455 g/mol. The van der Waals surface area contributed by atoms with Crippen LogP contribution >= 0.6 is 0 Å². The van der Waals surface area contributed by atoms with Crippen LogP contribution in [0.5, 0.6) is 0 Å². The van der Waals surface area contributed by atoms with Crippen LogP contribution in [-0.2, 0) is 23.8 Å². The van der Waals surface area contributed by atoms with E-state index >= 15 is 0 Å². The number of hydrogen-bond acceptors (Lipinski definition) is 9. The molecular formula is C25H25FN4O5. The van der Waals surface area contributed by atoms with E-state index in [0.717, 1.165) is 19.1 Å². The zero-order chi connectivity index (χ0) is 25.5. The lowest BCUT2D eigenvalue weighted by Crippen LogP contribution is -2.41. The van der Waals surface area contributed by atoms with Crippen LogP contribution in [0.2, 0.25) is 0 Å². The lowest BCUT2D eigenvalue weighted by atomic mass is 9.81. The van der Waals surface area contributed by atoms with Crippen LogP contribution < -0.4 is 16.0 Å². The Morgan fingerprint density at radius 2 is 1.77 bits per heavy atom. The van der Waals surface area contributed by atoms with Crippen LogP contribution in [0.4, 0.5) is 15.8 Å². The number of carbonyl (C=O) groups is 2. The van der Waals surface area contributed by atoms with Gasteiger partial charge in [-0.05, 0) is 17.7 Å². The van der Waals surface area contributed by atoms with Gasteiger partial charge in [0.25, 0.3) is 0 Å². The lowest BCUT2D eigenvalue weighted by Gasteiger charge is -2.36. The number of nitrogens with two attached hydrogens (primary N) is 1. The fraction of sp³-hybridized carbons (Fsp3) is 0.240. The molecule has 0 saturated carbocycles. The van der Waals surface area contributed by atoms with E-state index in [-0.39, 0.29) is 47.2 Å². The number of hydrogen-bond donors (Lipinski definition) is 2. The Bertz CT molecular complexity index is 1220. The van der Waals surface area contributed by atoms with Gasteiger partial charge in [0.15, 0.2) is 0 Å². The summed E-state index contributed by atoms with van der Waals surface area (Å²) in [6.07, 6.45) is 0. The van der Waals surface area contributed by atoms with Crippen molar-refractivity contribution in [3.05, 3.63) is 82.6 Å². The topological polar surface area (TPSA) is 127 Å². The summed E-state index contributed by atoms with van der Waals surface area (Å²) in [5.74, 6) is -3.60. The van der Waals surface area contributed by atoms with E-state index in [0.29, 0.717) is 5.56 Å². The second-order valence-corrected chi connectivity index (χ2v) is 7.39. The highest BCUT2D eigenvalue weighted by molar-refractivity contribution is 6.07. The van der Waals surface area contributed by atoms with E-state index in [1.807, 2.05) is 0 Å². The number of nitrogens with one attached hydrogen (secondary N) is 1. The van der Waals surface area contributed by atoms with E-state index in [2.05, 4.69) is 11.4 Å². The lowest BCUT2D eigenvalue weighted by molar-refractivity contribution is -0.139. The first-order valence-corrected chi connectivity index (χ1v) is 10.6. The number of benzene rings is 2. The van der Waals surface area contributed by atoms with Gasteiger partial charge in [0.05, 0.1) is 55.3 Å². The fourth-order valence-electron chi connectivity index (χ4n) is 3.92. The highest BCUT2D eigenvalue weighted by atomic mass is 19.1. The number of para-hydroxylation sites is 1. The summed E-state index contributed by atoms with van der Waals surface area (Å²) in [7, 11) is 3.80. The maximum Gasteiger partial charge on any atom is 0.355 e. The standard InChI is InChI=1S/C25H25FN4O5/c1-33-13-12-29-21-17(26)10-7-11-18(21)30-22(25(32)35-3)20(24(31)34-2)19(16(14-27)23(30)28)15-8-5-4-6-9-15/h4-11,19,29H,12-13,28H2,1-3H3. The Kier molecular flexibility index (Phi) is 8.07. The molecule has 3 rings (SSSR count). The van der Waals surface area contributed by atoms with Crippen molar-refractivity contribution in [2.45, 2.75) is 5.92 Å². The molecule has 0 radical (unpaired) electrons. The monoisotopic (exact) mass is 480 g/mol. The predicted octanol–water partition coefficient (Wildman–Crippen LogP) is 2.78. The third-order valence-electron chi connectivity index (χ3n) is 5.45. The van der Waals surface area contributed by atoms with Crippen LogP contribution in [-0.4, -0.2) is 46.4 Å². The summed E-state index contributed by atoms with van der Waals surface area (Å²) in [4.78, 5) is 27.4. The summed E-state index contributed by atoms with van der Waals surface area (Å²) < 4.78 is 30.0. The molecule has 2 aromatic carbocycles. The van der Waals surface area contributed by atoms with Gasteiger partial charge >= 0.3 is 11.9 Å². The molecule has 0 saturated heterocycles. The molecule has 0 bridgehead atoms. The van der Waals surface area contributed by atoms with E-state index in [1.165, 1.54) is 25.3 Å². The van der Waals surface area contributed by atoms with Crippen molar-refractivity contribution in [3.8, 4) is 6.07 Å². The molecule has 1 atom stereocenters. The van der Waals surface area contributed by atoms with Gasteiger partial charge < -0.3 is 25.3 Å². The Labute approximate surface area is 202 Å². The summed E-state index contributed by atoms with van der Waals surface area (Å²) in [5.41, 5.74) is 6.62. The minimum Gasteiger partial charge on any atom is -0.466 e. The fourth-order valence-corrected chi connectivity index (χ4v) is 3.92. The smallest absolute Gasteiger partial charge is 0.355 e. The molecule has 182 valence electrons. The zero-order valence-electron chi connectivity index (χ0n) is 19.5. The third-order valence-corrected chi connectivity index (χ3v) is 5.45. The van der Waals surface area contributed by atoms with E-state index < -0.39 is 23.7 Å². The number of rotatable bonds is 8. The van der Waals surface area contributed by atoms with Gasteiger partial charge in [0.1, 0.15) is 17.3 Å². The largest absolute Gasteiger partial charge is 0.466 e. The van der Waals surface area contributed by atoms with Crippen molar-refractivity contribution in [2.75, 3.05) is 44.7 Å². The van der Waals surface area contributed by atoms with Gasteiger partial charge in [0, 0.05) is 13.7 Å². The minimum absolute atomic E-state index is 0.00595. The van der Waals surface area contributed by atoms with Crippen LogP contribution in [0.15, 0.2) is 71.2 Å². The van der Waals surface area contributed by atoms with E-state index in [1.54, 1.807) is 30.3 Å². The first-order chi connectivity index (χ1) is 16.9. The van der Waals surface area contributed by atoms with Gasteiger partial charge in [-0.1, -0.05) is 36.4 Å². The summed E-state index contributed by atoms with van der Waals surface area (Å²) in [6.45, 7) is 0.506. The molecule has 1 aliphatic heterocycles. The first kappa shape index (κ1) is 25.3. The molecule has 1 aliphatic rings. The second-order valence-electron chi connectivity index (χ2n) is 7.39. The Balaban J connectivity index is 2.38. The number of halogens is 1. The van der Waals surface area contributed by atoms with Crippen molar-refractivity contribution in [1.82, 2.24) is 0 Å². The number of ether oxygens (including phenoxy) is 3. The van der Waals surface area contributed by atoms with Crippen LogP contribution in [0.3, 0.4) is 0 Å². The highest BCUT2D eigenvalue weighted by Gasteiger charge is 2.43. The van der Waals surface area contributed by atoms with Gasteiger partial charge in [-0.15, -0.1) is 0 Å². The van der Waals surface area contributed by atoms with Gasteiger partial charge in [0.2, 0.25) is 0 Å². The molecule has 0 aliphatic carbocycles. The molecule has 0 amide bonds. The third kappa shape index (κ3) is 4.81. The summed E-state index contributed by atoms with van der Waals surface area (Å²) in [6, 6.07) is 14.8. The SMILES string of the molecule is COCCNc1c(F)cccc1N1C(N)=C(C#N)C(c2ccccc2)C(C(=O)OC)=C1C(=O)OC. The number of allylic oxidation sites excluding steroid dienone is 1. The van der Waals surface area contributed by atoms with E-state index in [4.69, 9.17) is 19.9 Å². The molecule has 1 unspecified atom stereocenters. The quantitative estimate of drug-likeness (QED) is 0.433. The number of carbonyl (C=O) groups excluding carboxylic acids is 2. The van der Waals surface area contributed by atoms with Gasteiger partial charge in [-0.3, -0.25) is 4.90 Å². The van der Waals surface area contributed by atoms with E-state index in [9.17, 15) is 19.2 Å². The Morgan fingerprint density at radius 1 is 1.09 bits per heavy atom. The summed E-state index contributed by atoms with van der Waals surface area (Å²) in [5, 5.41) is 13.0. The van der Waals surface area contributed by atoms with Gasteiger partial charge in [-0.25, -0.2) is 14.0 Å². The average Bonchev–Trinajstić information content (AvgIpc) is 2.88. The van der Waals surface area contributed by atoms with Crippen LogP contribution in [0.25, 0.3) is 0 Å². The summed E-state index contributed by atoms with van der Waals surface area (Å²) >= 11 is 0. The number of esters is 2. The zero-order valence-corrected chi connectivity index (χ0v) is 19.5. The molecule has 0 aromatic heterocycles. The Hall–Kier alpha value is -4.36. The Morgan fingerprint density at radius 3 is 2.37 bits per heavy atom. The number of nitrogens with zero attached hydrogens (tertiary/aromatic N) is 2. The van der Waals surface area contributed by atoms with Crippen molar-refractivity contribution in [3.63, 3.8) is 0 Å². The maximum absolute atomic E-state index is 14.9. The second kappa shape index (κ2) is 11.2. The average molecular weight is 480 g/mol. The van der Waals surface area contributed by atoms with Crippen molar-refractivity contribution < 1.29 is 28.2 Å². The van der Waals surface area contributed by atoms with Crippen molar-refractivity contribution in [2.24, 2.45) is 5.73 Å². The van der Waals surface area contributed by atoms with Crippen LogP contribution in [0.1, 0.15) is 11.5 Å². The van der Waals surface area contributed by atoms with Crippen molar-refractivity contribution >= 4 is 23.3 Å². The first-order valence-electron chi connectivity index (χ1n) is 10.6. The minimum atomic E-state index is -1.02. The van der Waals surface area contributed by atoms with Crippen LogP contribution in [0, 0.1) is 17.1 Å². The highest BCUT2D eigenvalue weighted by Crippen LogP contribution is 2.45. The molecule has 0 fully saturated rings. The van der Waals surface area contributed by atoms with Crippen molar-refractivity contribution in [1.29, 1.82) is 5.26 Å². The molecule has 0 spiro atoms. The number of nitriles is 1. The molecule has 3 N–H and O–H groups in total. The molecule has 9 nitrogen and oxygen atoms in total. The molecule has 35 heavy (non-hydrogen) atoms. The number of anilines is 2. The predicted molar refractivity (Wildman–Crippen MR) is 126 cm³/mol. The van der Waals surface area contributed by atoms with Gasteiger partial charge in [-0.2, -0.15) is 5.26 Å². The molecule has 2 aromatic rings. The maximum atomic E-state index is 14.9. The number of methoxy groups -OCH3 is 3. The molecule has 10 heteroatoms.